The quantitative estimate of drug-likeness (QED) is 0.325. The Balaban J connectivity index is 1.18. The zero-order valence-corrected chi connectivity index (χ0v) is 29.8. The number of esters is 2. The highest BCUT2D eigenvalue weighted by Crippen LogP contribution is 2.75. The highest BCUT2D eigenvalue weighted by molar-refractivity contribution is 5.95. The molecule has 13 unspecified atom stereocenters. The molecule has 47 heavy (non-hydrogen) atoms. The predicted molar refractivity (Wildman–Crippen MR) is 174 cm³/mol. The molecule has 2 heterocycles. The zero-order chi connectivity index (χ0) is 34.1. The Labute approximate surface area is 280 Å². The van der Waals surface area contributed by atoms with Gasteiger partial charge in [-0.15, -0.1) is 0 Å². The SMILES string of the molecule is COC(=O)C1(C)CCC2(C)CCC3(C)C(=CC(=O)C4C5(C)CCC(OC(=O)C6C7CCC(O7)C6C(=O)O)C(C)(C)C5CCC43C)C2C1. The number of carboxylic acid groups (broad SMARTS) is 1. The van der Waals surface area contributed by atoms with Gasteiger partial charge in [-0.3, -0.25) is 19.2 Å². The second-order valence-electron chi connectivity index (χ2n) is 18.7. The second kappa shape index (κ2) is 10.4. The lowest BCUT2D eigenvalue weighted by Crippen LogP contribution is -2.67. The summed E-state index contributed by atoms with van der Waals surface area (Å²) in [7, 11) is 1.48. The Kier molecular flexibility index (Phi) is 7.36. The van der Waals surface area contributed by atoms with Crippen LogP contribution in [0.3, 0.4) is 0 Å². The van der Waals surface area contributed by atoms with Crippen LogP contribution in [-0.2, 0) is 33.4 Å². The minimum Gasteiger partial charge on any atom is -0.481 e. The number of fused-ring (bicyclic) bond motifs is 9. The van der Waals surface area contributed by atoms with Crippen molar-refractivity contribution in [1.82, 2.24) is 0 Å². The van der Waals surface area contributed by atoms with Crippen molar-refractivity contribution >= 4 is 23.7 Å². The van der Waals surface area contributed by atoms with Crippen molar-refractivity contribution in [3.05, 3.63) is 11.6 Å². The second-order valence-corrected chi connectivity index (χ2v) is 18.7. The number of carbonyl (C=O) groups excluding carboxylic acids is 3. The van der Waals surface area contributed by atoms with Gasteiger partial charge in [-0.2, -0.15) is 0 Å². The first-order valence-corrected chi connectivity index (χ1v) is 18.3. The Morgan fingerprint density at radius 3 is 2.17 bits per heavy atom. The number of carboxylic acids is 1. The normalized spacial score (nSPS) is 51.1. The maximum absolute atomic E-state index is 14.7. The van der Waals surface area contributed by atoms with E-state index >= 15 is 0 Å². The molecule has 5 aliphatic carbocycles. The van der Waals surface area contributed by atoms with E-state index in [2.05, 4.69) is 41.5 Å². The number of ether oxygens (including phenoxy) is 3. The van der Waals surface area contributed by atoms with Crippen molar-refractivity contribution in [3.63, 3.8) is 0 Å². The van der Waals surface area contributed by atoms with Gasteiger partial charge in [-0.25, -0.2) is 0 Å². The predicted octanol–water partition coefficient (Wildman–Crippen LogP) is 6.93. The Hall–Kier alpha value is -2.22. The molecule has 0 radical (unpaired) electrons. The van der Waals surface area contributed by atoms with Gasteiger partial charge in [0, 0.05) is 11.3 Å². The monoisotopic (exact) mass is 652 g/mol. The maximum Gasteiger partial charge on any atom is 0.312 e. The van der Waals surface area contributed by atoms with Crippen LogP contribution < -0.4 is 0 Å². The van der Waals surface area contributed by atoms with E-state index in [9.17, 15) is 24.3 Å². The van der Waals surface area contributed by atoms with E-state index in [1.165, 1.54) is 12.7 Å². The van der Waals surface area contributed by atoms with Crippen LogP contribution in [0.5, 0.6) is 0 Å². The van der Waals surface area contributed by atoms with Crippen molar-refractivity contribution in [2.24, 2.45) is 62.1 Å². The molecule has 6 fully saturated rings. The first-order valence-electron chi connectivity index (χ1n) is 18.3. The molecule has 0 aromatic heterocycles. The van der Waals surface area contributed by atoms with Crippen LogP contribution in [0.15, 0.2) is 11.6 Å². The van der Waals surface area contributed by atoms with Gasteiger partial charge in [0.05, 0.1) is 36.6 Å². The number of allylic oxidation sites excluding steroid dienone is 2. The van der Waals surface area contributed by atoms with E-state index in [0.717, 1.165) is 51.4 Å². The van der Waals surface area contributed by atoms with Gasteiger partial charge >= 0.3 is 17.9 Å². The molecule has 0 aromatic rings. The molecule has 7 rings (SSSR count). The third kappa shape index (κ3) is 4.33. The minimum absolute atomic E-state index is 0.0664. The molecule has 13 atom stereocenters. The van der Waals surface area contributed by atoms with Gasteiger partial charge in [0.15, 0.2) is 5.78 Å². The van der Waals surface area contributed by atoms with Crippen molar-refractivity contribution in [1.29, 1.82) is 0 Å². The van der Waals surface area contributed by atoms with E-state index in [-0.39, 0.29) is 68.8 Å². The molecule has 2 saturated heterocycles. The number of carbonyl (C=O) groups is 4. The van der Waals surface area contributed by atoms with Crippen molar-refractivity contribution in [2.45, 2.75) is 137 Å². The van der Waals surface area contributed by atoms with Crippen LogP contribution in [0.25, 0.3) is 0 Å². The zero-order valence-electron chi connectivity index (χ0n) is 29.8. The molecular formula is C39H56O8. The van der Waals surface area contributed by atoms with Gasteiger partial charge in [0.25, 0.3) is 0 Å². The van der Waals surface area contributed by atoms with E-state index < -0.39 is 35.3 Å². The van der Waals surface area contributed by atoms with E-state index in [4.69, 9.17) is 14.2 Å². The van der Waals surface area contributed by atoms with E-state index in [1.54, 1.807) is 0 Å². The van der Waals surface area contributed by atoms with Gasteiger partial charge in [-0.1, -0.05) is 47.1 Å². The first-order chi connectivity index (χ1) is 21.9. The summed E-state index contributed by atoms with van der Waals surface area (Å²) < 4.78 is 17.5. The lowest BCUT2D eigenvalue weighted by molar-refractivity contribution is -0.213. The maximum atomic E-state index is 14.7. The summed E-state index contributed by atoms with van der Waals surface area (Å²) in [4.78, 5) is 53.5. The van der Waals surface area contributed by atoms with Crippen LogP contribution in [0.2, 0.25) is 0 Å². The van der Waals surface area contributed by atoms with E-state index in [0.29, 0.717) is 19.3 Å². The van der Waals surface area contributed by atoms with Crippen molar-refractivity contribution in [3.8, 4) is 0 Å². The Morgan fingerprint density at radius 1 is 0.851 bits per heavy atom. The molecule has 2 bridgehead atoms. The largest absolute Gasteiger partial charge is 0.481 e. The standard InChI is InChI=1S/C39H56O8/c1-34(2)26-11-14-39(7)30(37(26,5)13-12-27(34)47-32(43)29-25-10-9-24(46-25)28(29)31(41)42)23(40)19-21-22-20-36(4,33(44)45-8)16-15-35(22,3)17-18-38(21,39)6/h19,22,24-30H,9-18,20H2,1-8H3,(H,41,42). The Bertz CT molecular complexity index is 1430. The Morgan fingerprint density at radius 2 is 1.51 bits per heavy atom. The highest BCUT2D eigenvalue weighted by atomic mass is 16.6. The molecule has 0 aromatic carbocycles. The van der Waals surface area contributed by atoms with Crippen molar-refractivity contribution < 1.29 is 38.5 Å². The smallest absolute Gasteiger partial charge is 0.312 e. The fraction of sp³-hybridized carbons (Fsp3) is 0.846. The van der Waals surface area contributed by atoms with Gasteiger partial charge < -0.3 is 19.3 Å². The molecule has 8 heteroatoms. The summed E-state index contributed by atoms with van der Waals surface area (Å²) in [5.74, 6) is -2.74. The first kappa shape index (κ1) is 33.3. The molecule has 7 aliphatic rings. The number of rotatable bonds is 4. The van der Waals surface area contributed by atoms with Crippen LogP contribution in [0.1, 0.15) is 119 Å². The fourth-order valence-corrected chi connectivity index (χ4v) is 13.3. The molecule has 1 N–H and O–H groups in total. The van der Waals surface area contributed by atoms with Crippen LogP contribution >= 0.6 is 0 Å². The van der Waals surface area contributed by atoms with Crippen LogP contribution in [0.4, 0.5) is 0 Å². The molecule has 4 saturated carbocycles. The topological polar surface area (TPSA) is 116 Å². The highest BCUT2D eigenvalue weighted by Gasteiger charge is 2.71. The summed E-state index contributed by atoms with van der Waals surface area (Å²) in [6.07, 6.45) is 10.2. The number of methoxy groups -OCH3 is 1. The van der Waals surface area contributed by atoms with Crippen molar-refractivity contribution in [2.75, 3.05) is 7.11 Å². The molecule has 0 amide bonds. The third-order valence-electron chi connectivity index (χ3n) is 16.3. The fourth-order valence-electron chi connectivity index (χ4n) is 13.3. The summed E-state index contributed by atoms with van der Waals surface area (Å²) in [6, 6.07) is 0. The average Bonchev–Trinajstić information content (AvgIpc) is 3.62. The number of ketones is 1. The van der Waals surface area contributed by atoms with Crippen LogP contribution in [0, 0.1) is 62.1 Å². The summed E-state index contributed by atoms with van der Waals surface area (Å²) in [5.41, 5.74) is -0.242. The van der Waals surface area contributed by atoms with Gasteiger partial charge in [-0.05, 0) is 117 Å². The number of aliphatic carboxylic acids is 1. The summed E-state index contributed by atoms with van der Waals surface area (Å²) in [6.45, 7) is 15.9. The third-order valence-corrected chi connectivity index (χ3v) is 16.3. The molecule has 2 aliphatic heterocycles. The lowest BCUT2D eigenvalue weighted by Gasteiger charge is -2.70. The lowest BCUT2D eigenvalue weighted by atomic mass is 9.33. The molecule has 0 spiro atoms. The van der Waals surface area contributed by atoms with Crippen LogP contribution in [-0.4, -0.2) is 54.2 Å². The van der Waals surface area contributed by atoms with E-state index in [1.807, 2.05) is 13.0 Å². The summed E-state index contributed by atoms with van der Waals surface area (Å²) in [5, 5.41) is 9.91. The van der Waals surface area contributed by atoms with Gasteiger partial charge in [0.1, 0.15) is 6.10 Å². The molecule has 8 nitrogen and oxygen atoms in total. The van der Waals surface area contributed by atoms with Gasteiger partial charge in [0.2, 0.25) is 0 Å². The minimum atomic E-state index is -0.982. The summed E-state index contributed by atoms with van der Waals surface area (Å²) >= 11 is 0. The average molecular weight is 653 g/mol. The number of hydrogen-bond acceptors (Lipinski definition) is 7. The number of hydrogen-bond donors (Lipinski definition) is 1. The molecule has 260 valence electrons. The molecular weight excluding hydrogens is 596 g/mol.